The van der Waals surface area contributed by atoms with Crippen molar-refractivity contribution in [3.63, 3.8) is 0 Å². The lowest BCUT2D eigenvalue weighted by Gasteiger charge is -2.06. The Morgan fingerprint density at radius 1 is 1.20 bits per heavy atom. The largest absolute Gasteiger partial charge is 0.502 e. The van der Waals surface area contributed by atoms with Gasteiger partial charge in [-0.2, -0.15) is 0 Å². The molecule has 25 heavy (non-hydrogen) atoms. The summed E-state index contributed by atoms with van der Waals surface area (Å²) in [5.41, 5.74) is 10.1. The Balaban J connectivity index is 0.000000547. The number of nitrogens with zero attached hydrogens (tertiary/aromatic N) is 1. The zero-order valence-electron chi connectivity index (χ0n) is 13.1. The van der Waals surface area contributed by atoms with Gasteiger partial charge in [-0.3, -0.25) is 24.5 Å². The average Bonchev–Trinajstić information content (AvgIpc) is 2.54. The van der Waals surface area contributed by atoms with Gasteiger partial charge in [-0.05, 0) is 18.1 Å². The van der Waals surface area contributed by atoms with Crippen molar-refractivity contribution in [3.8, 4) is 5.75 Å². The summed E-state index contributed by atoms with van der Waals surface area (Å²) in [6, 6.07) is 2.52. The molecule has 0 spiro atoms. The third-order valence-corrected chi connectivity index (χ3v) is 2.85. The van der Waals surface area contributed by atoms with Gasteiger partial charge in [-0.15, -0.1) is 0 Å². The predicted molar refractivity (Wildman–Crippen MR) is 85.0 cm³/mol. The molecular formula is C14H19N3O8. The number of carboxylic acids is 2. The zero-order valence-corrected chi connectivity index (χ0v) is 13.1. The van der Waals surface area contributed by atoms with Gasteiger partial charge in [0.25, 0.3) is 0 Å². The van der Waals surface area contributed by atoms with Crippen molar-refractivity contribution in [2.45, 2.75) is 25.3 Å². The molecule has 11 nitrogen and oxygen atoms in total. The van der Waals surface area contributed by atoms with Crippen molar-refractivity contribution < 1.29 is 34.6 Å². The van der Waals surface area contributed by atoms with Crippen LogP contribution in [0.1, 0.15) is 18.4 Å². The molecule has 0 aromatic heterocycles. The van der Waals surface area contributed by atoms with E-state index in [0.717, 1.165) is 12.1 Å². The predicted octanol–water partition coefficient (Wildman–Crippen LogP) is -0.366. The molecule has 7 N–H and O–H groups in total. The Hall–Kier alpha value is -3.05. The van der Waals surface area contributed by atoms with Crippen LogP contribution in [-0.4, -0.2) is 50.6 Å². The number of phenolic OH excluding ortho intramolecular Hbond substituents is 1. The van der Waals surface area contributed by atoms with Gasteiger partial charge in [-0.25, -0.2) is 0 Å². The number of phenols is 1. The van der Waals surface area contributed by atoms with Crippen molar-refractivity contribution in [2.75, 3.05) is 6.54 Å². The van der Waals surface area contributed by atoms with E-state index < -0.39 is 34.3 Å². The van der Waals surface area contributed by atoms with E-state index in [1.807, 2.05) is 0 Å². The van der Waals surface area contributed by atoms with Crippen molar-refractivity contribution in [3.05, 3.63) is 33.9 Å². The fourth-order valence-electron chi connectivity index (χ4n) is 1.53. The molecule has 1 aromatic carbocycles. The Kier molecular flexibility index (Phi) is 9.37. The standard InChI is InChI=1S/C9H10N2O5.C5H9NO3/c10-6(9(13)14)3-5-1-2-8(12)7(4-5)11(15)16;6-3-4(7)1-2-5(8)9/h1-2,4,6,12H,3,10H2,(H,13,14);1-3,6H2,(H,8,9)/t6-;/m0./s1. The minimum Gasteiger partial charge on any atom is -0.502 e. The van der Waals surface area contributed by atoms with Crippen molar-refractivity contribution >= 4 is 23.4 Å². The summed E-state index contributed by atoms with van der Waals surface area (Å²) in [4.78, 5) is 40.4. The van der Waals surface area contributed by atoms with Gasteiger partial charge in [0, 0.05) is 12.5 Å². The number of nitrogens with two attached hydrogens (primary N) is 2. The van der Waals surface area contributed by atoms with E-state index >= 15 is 0 Å². The second-order valence-electron chi connectivity index (χ2n) is 4.87. The topological polar surface area (TPSA) is 207 Å². The van der Waals surface area contributed by atoms with E-state index in [-0.39, 0.29) is 31.6 Å². The number of rotatable bonds is 8. The van der Waals surface area contributed by atoms with Crippen LogP contribution in [0.25, 0.3) is 0 Å². The summed E-state index contributed by atoms with van der Waals surface area (Å²) in [6.45, 7) is -0.0622. The zero-order chi connectivity index (χ0) is 19.6. The van der Waals surface area contributed by atoms with E-state index in [0.29, 0.717) is 5.56 Å². The third kappa shape index (κ3) is 8.98. The van der Waals surface area contributed by atoms with E-state index in [2.05, 4.69) is 0 Å². The first-order chi connectivity index (χ1) is 11.6. The maximum absolute atomic E-state index is 10.5. The van der Waals surface area contributed by atoms with Crippen molar-refractivity contribution in [2.24, 2.45) is 11.5 Å². The van der Waals surface area contributed by atoms with Crippen LogP contribution >= 0.6 is 0 Å². The number of nitro benzene ring substituents is 1. The normalized spacial score (nSPS) is 11.0. The first-order valence-corrected chi connectivity index (χ1v) is 6.96. The van der Waals surface area contributed by atoms with Crippen LogP contribution in [0.4, 0.5) is 5.69 Å². The number of nitro groups is 1. The molecular weight excluding hydrogens is 338 g/mol. The maximum Gasteiger partial charge on any atom is 0.320 e. The highest BCUT2D eigenvalue weighted by molar-refractivity contribution is 5.83. The molecule has 1 rings (SSSR count). The number of carbonyl (C=O) groups is 3. The summed E-state index contributed by atoms with van der Waals surface area (Å²) >= 11 is 0. The monoisotopic (exact) mass is 357 g/mol. The lowest BCUT2D eigenvalue weighted by molar-refractivity contribution is -0.385. The third-order valence-electron chi connectivity index (χ3n) is 2.85. The molecule has 0 aliphatic rings. The maximum atomic E-state index is 10.5. The van der Waals surface area contributed by atoms with Gasteiger partial charge in [0.05, 0.1) is 17.9 Å². The molecule has 11 heteroatoms. The molecule has 0 saturated carbocycles. The summed E-state index contributed by atoms with van der Waals surface area (Å²) in [5.74, 6) is -2.82. The van der Waals surface area contributed by atoms with Gasteiger partial charge in [0.2, 0.25) is 0 Å². The molecule has 0 aliphatic carbocycles. The van der Waals surface area contributed by atoms with Crippen LogP contribution in [0.2, 0.25) is 0 Å². The number of aromatic hydroxyl groups is 1. The number of hydrogen-bond acceptors (Lipinski definition) is 8. The van der Waals surface area contributed by atoms with Crippen LogP contribution in [0.15, 0.2) is 18.2 Å². The minimum absolute atomic E-state index is 0.0313. The molecule has 1 aromatic rings. The van der Waals surface area contributed by atoms with Crippen LogP contribution < -0.4 is 11.5 Å². The molecule has 0 aliphatic heterocycles. The molecule has 0 amide bonds. The smallest absolute Gasteiger partial charge is 0.320 e. The minimum atomic E-state index is -1.18. The average molecular weight is 357 g/mol. The number of carboxylic acid groups (broad SMARTS) is 2. The van der Waals surface area contributed by atoms with Crippen LogP contribution in [0, 0.1) is 10.1 Å². The highest BCUT2D eigenvalue weighted by atomic mass is 16.6. The molecule has 0 fully saturated rings. The Bertz CT molecular complexity index is 647. The van der Waals surface area contributed by atoms with Gasteiger partial charge < -0.3 is 26.8 Å². The van der Waals surface area contributed by atoms with Crippen LogP contribution in [0.3, 0.4) is 0 Å². The van der Waals surface area contributed by atoms with Crippen molar-refractivity contribution in [1.82, 2.24) is 0 Å². The molecule has 0 radical (unpaired) electrons. The molecule has 0 unspecified atom stereocenters. The second-order valence-corrected chi connectivity index (χ2v) is 4.87. The lowest BCUT2D eigenvalue weighted by atomic mass is 10.1. The summed E-state index contributed by atoms with van der Waals surface area (Å²) < 4.78 is 0. The number of carbonyl (C=O) groups excluding carboxylic acids is 1. The number of ketones is 1. The molecule has 0 bridgehead atoms. The second kappa shape index (κ2) is 10.7. The Morgan fingerprint density at radius 2 is 1.80 bits per heavy atom. The quantitative estimate of drug-likeness (QED) is 0.301. The number of aliphatic carboxylic acids is 2. The molecule has 138 valence electrons. The van der Waals surface area contributed by atoms with Crippen LogP contribution in [-0.2, 0) is 20.8 Å². The Morgan fingerprint density at radius 3 is 2.24 bits per heavy atom. The highest BCUT2D eigenvalue weighted by Crippen LogP contribution is 2.26. The molecule has 0 heterocycles. The van der Waals surface area contributed by atoms with E-state index in [4.69, 9.17) is 26.8 Å². The van der Waals surface area contributed by atoms with Gasteiger partial charge in [0.1, 0.15) is 11.8 Å². The fraction of sp³-hybridized carbons (Fsp3) is 0.357. The van der Waals surface area contributed by atoms with E-state index in [9.17, 15) is 24.5 Å². The lowest BCUT2D eigenvalue weighted by Crippen LogP contribution is -2.32. The van der Waals surface area contributed by atoms with Gasteiger partial charge in [0.15, 0.2) is 5.75 Å². The number of hydrogen-bond donors (Lipinski definition) is 5. The highest BCUT2D eigenvalue weighted by Gasteiger charge is 2.17. The first kappa shape index (κ1) is 21.9. The van der Waals surface area contributed by atoms with E-state index in [1.54, 1.807) is 0 Å². The summed E-state index contributed by atoms with van der Waals surface area (Å²) in [6.07, 6.45) is -0.0989. The molecule has 0 saturated heterocycles. The number of benzene rings is 1. The Labute approximate surface area is 142 Å². The van der Waals surface area contributed by atoms with Crippen LogP contribution in [0.5, 0.6) is 5.75 Å². The fourth-order valence-corrected chi connectivity index (χ4v) is 1.53. The van der Waals surface area contributed by atoms with E-state index in [1.165, 1.54) is 6.07 Å². The SMILES string of the molecule is NCC(=O)CCC(=O)O.N[C@@H](Cc1ccc(O)c([N+](=O)[O-])c1)C(=O)O. The van der Waals surface area contributed by atoms with Crippen molar-refractivity contribution in [1.29, 1.82) is 0 Å². The van der Waals surface area contributed by atoms with Gasteiger partial charge >= 0.3 is 17.6 Å². The summed E-state index contributed by atoms with van der Waals surface area (Å²) in [7, 11) is 0. The molecule has 1 atom stereocenters. The first-order valence-electron chi connectivity index (χ1n) is 6.96. The van der Waals surface area contributed by atoms with Gasteiger partial charge in [-0.1, -0.05) is 6.07 Å². The summed E-state index contributed by atoms with van der Waals surface area (Å²) in [5, 5.41) is 36.3. The number of Topliss-reactive ketones (excluding diaryl/α,β-unsaturated/α-hetero) is 1.